The highest BCUT2D eigenvalue weighted by Crippen LogP contribution is 2.33. The number of hydrogen-bond donors (Lipinski definition) is 1. The summed E-state index contributed by atoms with van der Waals surface area (Å²) in [5, 5.41) is 7.95. The van der Waals surface area contributed by atoms with Crippen LogP contribution in [0.3, 0.4) is 0 Å². The molecule has 1 saturated heterocycles. The molecule has 4 nitrogen and oxygen atoms in total. The van der Waals surface area contributed by atoms with E-state index < -0.39 is 0 Å². The van der Waals surface area contributed by atoms with Gasteiger partial charge in [-0.3, -0.25) is 9.89 Å². The van der Waals surface area contributed by atoms with Gasteiger partial charge < -0.3 is 4.90 Å². The van der Waals surface area contributed by atoms with Crippen molar-refractivity contribution >= 4 is 16.8 Å². The SMILES string of the molecule is O=C(c1n[nH]c2ccccc12)N1CCC[C@@H]1c1ccc(F)cc1. The molecule has 0 radical (unpaired) electrons. The molecule has 1 aliphatic heterocycles. The second kappa shape index (κ2) is 5.50. The zero-order chi connectivity index (χ0) is 15.8. The molecule has 4 rings (SSSR count). The van der Waals surface area contributed by atoms with Crippen molar-refractivity contribution in [2.45, 2.75) is 18.9 Å². The molecule has 1 atom stereocenters. The number of nitrogens with zero attached hydrogens (tertiary/aromatic N) is 2. The number of halogens is 1. The maximum absolute atomic E-state index is 13.1. The predicted molar refractivity (Wildman–Crippen MR) is 85.5 cm³/mol. The molecule has 0 bridgehead atoms. The zero-order valence-electron chi connectivity index (χ0n) is 12.5. The van der Waals surface area contributed by atoms with Crippen molar-refractivity contribution in [2.75, 3.05) is 6.54 Å². The van der Waals surface area contributed by atoms with Crippen LogP contribution in [0, 0.1) is 5.82 Å². The second-order valence-corrected chi connectivity index (χ2v) is 5.83. The van der Waals surface area contributed by atoms with Crippen molar-refractivity contribution in [3.63, 3.8) is 0 Å². The Kier molecular flexibility index (Phi) is 3.33. The van der Waals surface area contributed by atoms with Gasteiger partial charge in [0.25, 0.3) is 5.91 Å². The molecule has 2 heterocycles. The number of aromatic nitrogens is 2. The molecule has 0 spiro atoms. The highest BCUT2D eigenvalue weighted by molar-refractivity contribution is 6.04. The van der Waals surface area contributed by atoms with E-state index in [1.54, 1.807) is 12.1 Å². The highest BCUT2D eigenvalue weighted by Gasteiger charge is 2.32. The third-order valence-electron chi connectivity index (χ3n) is 4.44. The number of carbonyl (C=O) groups excluding carboxylic acids is 1. The van der Waals surface area contributed by atoms with E-state index in [-0.39, 0.29) is 17.8 Å². The summed E-state index contributed by atoms with van der Waals surface area (Å²) in [7, 11) is 0. The fraction of sp³-hybridized carbons (Fsp3) is 0.222. The molecular weight excluding hydrogens is 293 g/mol. The Hall–Kier alpha value is -2.69. The average Bonchev–Trinajstić information content (AvgIpc) is 3.22. The Morgan fingerprint density at radius 3 is 2.78 bits per heavy atom. The molecule has 116 valence electrons. The number of likely N-dealkylation sites (tertiary alicyclic amines) is 1. The van der Waals surface area contributed by atoms with E-state index in [0.29, 0.717) is 12.2 Å². The first kappa shape index (κ1) is 13.9. The molecule has 1 N–H and O–H groups in total. The lowest BCUT2D eigenvalue weighted by Crippen LogP contribution is -2.31. The van der Waals surface area contributed by atoms with Gasteiger partial charge in [0.15, 0.2) is 5.69 Å². The summed E-state index contributed by atoms with van der Waals surface area (Å²) >= 11 is 0. The van der Waals surface area contributed by atoms with E-state index in [4.69, 9.17) is 0 Å². The Balaban J connectivity index is 1.68. The average molecular weight is 309 g/mol. The molecule has 1 aliphatic rings. The largest absolute Gasteiger partial charge is 0.330 e. The summed E-state index contributed by atoms with van der Waals surface area (Å²) in [6.07, 6.45) is 1.83. The number of amides is 1. The van der Waals surface area contributed by atoms with Crippen LogP contribution >= 0.6 is 0 Å². The van der Waals surface area contributed by atoms with Crippen molar-refractivity contribution in [2.24, 2.45) is 0 Å². The summed E-state index contributed by atoms with van der Waals surface area (Å²) in [5.74, 6) is -0.336. The minimum atomic E-state index is -0.261. The highest BCUT2D eigenvalue weighted by atomic mass is 19.1. The summed E-state index contributed by atoms with van der Waals surface area (Å²) < 4.78 is 13.1. The smallest absolute Gasteiger partial charge is 0.275 e. The Morgan fingerprint density at radius 2 is 1.96 bits per heavy atom. The topological polar surface area (TPSA) is 49.0 Å². The van der Waals surface area contributed by atoms with Gasteiger partial charge >= 0.3 is 0 Å². The van der Waals surface area contributed by atoms with Gasteiger partial charge in [0.05, 0.1) is 11.6 Å². The minimum Gasteiger partial charge on any atom is -0.330 e. The standard InChI is InChI=1S/C18H16FN3O/c19-13-9-7-12(8-10-13)16-6-3-11-22(16)18(23)17-14-4-1-2-5-15(14)20-21-17/h1-2,4-5,7-10,16H,3,6,11H2,(H,20,21)/t16-/m1/s1. The first-order valence-electron chi connectivity index (χ1n) is 7.73. The normalized spacial score (nSPS) is 17.8. The summed E-state index contributed by atoms with van der Waals surface area (Å²) in [4.78, 5) is 14.8. The molecule has 2 aromatic carbocycles. The van der Waals surface area contributed by atoms with Crippen LogP contribution in [0.4, 0.5) is 4.39 Å². The first-order chi connectivity index (χ1) is 11.2. The molecule has 0 aliphatic carbocycles. The van der Waals surface area contributed by atoms with Crippen molar-refractivity contribution < 1.29 is 9.18 Å². The number of carbonyl (C=O) groups is 1. The van der Waals surface area contributed by atoms with E-state index >= 15 is 0 Å². The lowest BCUT2D eigenvalue weighted by Gasteiger charge is -2.24. The molecule has 0 saturated carbocycles. The van der Waals surface area contributed by atoms with Crippen LogP contribution in [0.2, 0.25) is 0 Å². The van der Waals surface area contributed by atoms with E-state index in [1.165, 1.54) is 12.1 Å². The Bertz CT molecular complexity index is 856. The molecule has 1 amide bonds. The Morgan fingerprint density at radius 1 is 1.17 bits per heavy atom. The monoisotopic (exact) mass is 309 g/mol. The van der Waals surface area contributed by atoms with Crippen LogP contribution in [0.1, 0.15) is 34.9 Å². The first-order valence-corrected chi connectivity index (χ1v) is 7.73. The lowest BCUT2D eigenvalue weighted by atomic mass is 10.0. The molecule has 23 heavy (non-hydrogen) atoms. The van der Waals surface area contributed by atoms with Gasteiger partial charge in [-0.2, -0.15) is 5.10 Å². The van der Waals surface area contributed by atoms with Gasteiger partial charge in [-0.25, -0.2) is 4.39 Å². The molecule has 1 fully saturated rings. The van der Waals surface area contributed by atoms with Crippen LogP contribution in [-0.4, -0.2) is 27.5 Å². The van der Waals surface area contributed by atoms with E-state index in [0.717, 1.165) is 29.3 Å². The third kappa shape index (κ3) is 2.38. The minimum absolute atomic E-state index is 0.0152. The van der Waals surface area contributed by atoms with Gasteiger partial charge in [-0.1, -0.05) is 30.3 Å². The number of H-pyrrole nitrogens is 1. The number of hydrogen-bond acceptors (Lipinski definition) is 2. The third-order valence-corrected chi connectivity index (χ3v) is 4.44. The van der Waals surface area contributed by atoms with Crippen LogP contribution in [-0.2, 0) is 0 Å². The quantitative estimate of drug-likeness (QED) is 0.785. The summed E-state index contributed by atoms with van der Waals surface area (Å²) in [5.41, 5.74) is 2.28. The van der Waals surface area contributed by atoms with Gasteiger partial charge in [0.1, 0.15) is 5.82 Å². The number of rotatable bonds is 2. The second-order valence-electron chi connectivity index (χ2n) is 5.83. The van der Waals surface area contributed by atoms with E-state index in [1.807, 2.05) is 29.2 Å². The predicted octanol–water partition coefficient (Wildman–Crippen LogP) is 3.68. The fourth-order valence-corrected chi connectivity index (χ4v) is 3.30. The molecular formula is C18H16FN3O. The number of benzene rings is 2. The zero-order valence-corrected chi connectivity index (χ0v) is 12.5. The summed E-state index contributed by atoms with van der Waals surface area (Å²) in [6, 6.07) is 14.0. The number of nitrogens with one attached hydrogen (secondary N) is 1. The molecule has 1 aromatic heterocycles. The Labute approximate surface area is 132 Å². The van der Waals surface area contributed by atoms with Crippen LogP contribution in [0.15, 0.2) is 48.5 Å². The maximum Gasteiger partial charge on any atom is 0.275 e. The molecule has 0 unspecified atom stereocenters. The lowest BCUT2D eigenvalue weighted by molar-refractivity contribution is 0.0731. The van der Waals surface area contributed by atoms with Crippen LogP contribution in [0.25, 0.3) is 10.9 Å². The summed E-state index contributed by atoms with van der Waals surface area (Å²) in [6.45, 7) is 0.696. The maximum atomic E-state index is 13.1. The van der Waals surface area contributed by atoms with Crippen molar-refractivity contribution in [1.82, 2.24) is 15.1 Å². The molecule has 5 heteroatoms. The fourth-order valence-electron chi connectivity index (χ4n) is 3.30. The van der Waals surface area contributed by atoms with Gasteiger partial charge in [-0.15, -0.1) is 0 Å². The van der Waals surface area contributed by atoms with Crippen molar-refractivity contribution in [3.05, 3.63) is 65.6 Å². The molecule has 3 aromatic rings. The number of aromatic amines is 1. The van der Waals surface area contributed by atoms with Gasteiger partial charge in [0.2, 0.25) is 0 Å². The van der Waals surface area contributed by atoms with Gasteiger partial charge in [-0.05, 0) is 36.6 Å². The van der Waals surface area contributed by atoms with E-state index in [9.17, 15) is 9.18 Å². The van der Waals surface area contributed by atoms with Crippen LogP contribution < -0.4 is 0 Å². The van der Waals surface area contributed by atoms with Gasteiger partial charge in [0, 0.05) is 11.9 Å². The van der Waals surface area contributed by atoms with Crippen LogP contribution in [0.5, 0.6) is 0 Å². The number of fused-ring (bicyclic) bond motifs is 1. The number of para-hydroxylation sites is 1. The van der Waals surface area contributed by atoms with Crippen molar-refractivity contribution in [3.8, 4) is 0 Å². The van der Waals surface area contributed by atoms with Crippen molar-refractivity contribution in [1.29, 1.82) is 0 Å². The van der Waals surface area contributed by atoms with E-state index in [2.05, 4.69) is 10.2 Å².